The van der Waals surface area contributed by atoms with E-state index in [-0.39, 0.29) is 24.6 Å². The molecule has 2 aromatic heterocycles. The molecule has 0 saturated carbocycles. The minimum atomic E-state index is -5.34. The second-order valence-electron chi connectivity index (χ2n) is 13.6. The Morgan fingerprint density at radius 3 is 1.84 bits per heavy atom. The van der Waals surface area contributed by atoms with Crippen LogP contribution in [0.1, 0.15) is 21.5 Å². The van der Waals surface area contributed by atoms with Crippen molar-refractivity contribution in [2.45, 2.75) is 24.5 Å². The van der Waals surface area contributed by atoms with E-state index < -0.39 is 62.7 Å². The number of nitrogen functional groups attached to an aromatic ring is 1. The van der Waals surface area contributed by atoms with Gasteiger partial charge in [0.05, 0.1) is 26.2 Å². The van der Waals surface area contributed by atoms with E-state index in [1.54, 1.807) is 48.5 Å². The summed E-state index contributed by atoms with van der Waals surface area (Å²) in [6, 6.07) is 28.5. The molecule has 5 aromatic carbocycles. The number of benzene rings is 5. The highest BCUT2D eigenvalue weighted by atomic mass is 32.2. The number of likely N-dealkylation sites (N-methyl/N-ethyl adjacent to an activating group) is 1. The van der Waals surface area contributed by atoms with Gasteiger partial charge in [0.2, 0.25) is 10.0 Å². The minimum Gasteiger partial charge on any atom is -0.497 e. The number of nitrogens with two attached hydrogens (primary N) is 1. The number of amides is 1. The zero-order valence-corrected chi connectivity index (χ0v) is 33.7. The number of carbonyl (C=O) groups is 1. The van der Waals surface area contributed by atoms with Crippen LogP contribution < -0.4 is 19.9 Å². The van der Waals surface area contributed by atoms with Crippen molar-refractivity contribution in [1.29, 1.82) is 0 Å². The Kier molecular flexibility index (Phi) is 12.2. The molecule has 0 atom stereocenters. The fourth-order valence-corrected chi connectivity index (χ4v) is 8.15. The van der Waals surface area contributed by atoms with Crippen molar-refractivity contribution in [2.24, 2.45) is 0 Å². The van der Waals surface area contributed by atoms with Crippen LogP contribution >= 0.6 is 0 Å². The summed E-state index contributed by atoms with van der Waals surface area (Å²) in [5, 5.41) is 5.05. The maximum Gasteiger partial charge on any atom is 0.258 e. The summed E-state index contributed by atoms with van der Waals surface area (Å²) in [5.74, 6) is -8.47. The van der Waals surface area contributed by atoms with Crippen LogP contribution in [0.25, 0.3) is 22.3 Å². The van der Waals surface area contributed by atoms with Gasteiger partial charge in [0.15, 0.2) is 28.9 Å². The number of nitrogens with zero attached hydrogens (tertiary/aromatic N) is 6. The number of aromatic nitrogens is 4. The number of carbonyl (C=O) groups excluding carboxylic acids is 1. The molecule has 0 saturated heterocycles. The summed E-state index contributed by atoms with van der Waals surface area (Å²) in [7, 11) is -1.30. The van der Waals surface area contributed by atoms with Crippen LogP contribution in [0, 0.1) is 23.3 Å². The lowest BCUT2D eigenvalue weighted by Crippen LogP contribution is -2.36. The highest BCUT2D eigenvalue weighted by molar-refractivity contribution is 7.89. The average Bonchev–Trinajstić information content (AvgIpc) is 3.66. The number of para-hydroxylation sites is 1. The van der Waals surface area contributed by atoms with Crippen LogP contribution in [-0.2, 0) is 29.7 Å². The molecule has 0 aliphatic rings. The van der Waals surface area contributed by atoms with Crippen LogP contribution in [0.5, 0.6) is 23.0 Å². The molecule has 0 aliphatic heterocycles. The first-order valence-corrected chi connectivity index (χ1v) is 19.9. The molecule has 0 bridgehead atoms. The maximum atomic E-state index is 16.0. The summed E-state index contributed by atoms with van der Waals surface area (Å²) >= 11 is 0. The Morgan fingerprint density at radius 2 is 1.26 bits per heavy atom. The van der Waals surface area contributed by atoms with Gasteiger partial charge in [0.25, 0.3) is 5.91 Å². The highest BCUT2D eigenvalue weighted by Crippen LogP contribution is 2.35. The van der Waals surface area contributed by atoms with Crippen molar-refractivity contribution in [3.05, 3.63) is 149 Å². The first-order valence-electron chi connectivity index (χ1n) is 18.5. The summed E-state index contributed by atoms with van der Waals surface area (Å²) in [4.78, 5) is 21.7. The molecule has 2 heterocycles. The van der Waals surface area contributed by atoms with E-state index in [0.717, 1.165) is 16.3 Å². The predicted octanol–water partition coefficient (Wildman–Crippen LogP) is 7.60. The molecule has 61 heavy (non-hydrogen) atoms. The van der Waals surface area contributed by atoms with Gasteiger partial charge in [-0.05, 0) is 71.8 Å². The zero-order chi connectivity index (χ0) is 43.4. The third kappa shape index (κ3) is 8.66. The zero-order valence-electron chi connectivity index (χ0n) is 32.9. The number of hydrogen-bond donors (Lipinski definition) is 1. The third-order valence-electron chi connectivity index (χ3n) is 9.73. The lowest BCUT2D eigenvalue weighted by Gasteiger charge is -2.26. The Morgan fingerprint density at radius 1 is 0.721 bits per heavy atom. The largest absolute Gasteiger partial charge is 0.497 e. The SMILES string of the molecule is COc1ccc(CN(Cc2ccc(OC)cc2)S(=O)(=O)c2c(F)c(F)c(F)c(F)c2C(=O)N(C)CCn2nc(-c3ccc(Oc4ccccc4)cc3)c3c(N)ncnc32)cc1. The number of anilines is 1. The second-order valence-corrected chi connectivity index (χ2v) is 15.5. The molecular weight excluding hydrogens is 819 g/mol. The van der Waals surface area contributed by atoms with E-state index in [9.17, 15) is 13.2 Å². The monoisotopic (exact) mass is 855 g/mol. The fourth-order valence-electron chi connectivity index (χ4n) is 6.50. The van der Waals surface area contributed by atoms with Crippen LogP contribution in [-0.4, -0.2) is 71.1 Å². The van der Waals surface area contributed by atoms with E-state index in [2.05, 4.69) is 15.1 Å². The van der Waals surface area contributed by atoms with Gasteiger partial charge in [-0.25, -0.2) is 40.6 Å². The van der Waals surface area contributed by atoms with Crippen LogP contribution in [0.3, 0.4) is 0 Å². The highest BCUT2D eigenvalue weighted by Gasteiger charge is 2.40. The molecule has 0 spiro atoms. The van der Waals surface area contributed by atoms with Gasteiger partial charge in [-0.15, -0.1) is 0 Å². The van der Waals surface area contributed by atoms with Gasteiger partial charge in [-0.1, -0.05) is 42.5 Å². The molecule has 7 rings (SSSR count). The van der Waals surface area contributed by atoms with Gasteiger partial charge in [-0.3, -0.25) is 4.79 Å². The standard InChI is InChI=1S/C43H37F4N7O6S/c1-52(21-22-54-42-34(41(48)49-25-50-42)39(51-54)28-13-19-32(20-14-28)60-31-7-5-4-6-8-31)43(55)33-35(44)36(45)37(46)38(47)40(33)61(56,57)53(23-26-9-15-29(58-2)16-10-26)24-27-11-17-30(59-3)18-12-27/h4-20,25H,21-24H2,1-3H3,(H2,48,49,50). The smallest absolute Gasteiger partial charge is 0.258 e. The van der Waals surface area contributed by atoms with Gasteiger partial charge in [0, 0.05) is 32.2 Å². The van der Waals surface area contributed by atoms with Crippen LogP contribution in [0.15, 0.2) is 114 Å². The Bertz CT molecular complexity index is 2760. The van der Waals surface area contributed by atoms with E-state index in [1.807, 2.05) is 30.3 Å². The molecule has 13 nitrogen and oxygen atoms in total. The lowest BCUT2D eigenvalue weighted by molar-refractivity contribution is 0.0777. The maximum absolute atomic E-state index is 16.0. The van der Waals surface area contributed by atoms with E-state index in [1.165, 1.54) is 49.5 Å². The molecule has 2 N–H and O–H groups in total. The Labute approximate surface area is 347 Å². The lowest BCUT2D eigenvalue weighted by atomic mass is 10.1. The number of methoxy groups -OCH3 is 2. The quantitative estimate of drug-likeness (QED) is 0.0619. The molecule has 314 valence electrons. The molecule has 0 unspecified atom stereocenters. The molecule has 1 amide bonds. The topological polar surface area (TPSA) is 155 Å². The van der Waals surface area contributed by atoms with E-state index in [4.69, 9.17) is 19.9 Å². The number of halogens is 4. The van der Waals surface area contributed by atoms with Gasteiger partial charge in [0.1, 0.15) is 51.3 Å². The molecular formula is C43H37F4N7O6S. The number of rotatable bonds is 15. The predicted molar refractivity (Wildman–Crippen MR) is 217 cm³/mol. The first kappa shape index (κ1) is 42.1. The van der Waals surface area contributed by atoms with Gasteiger partial charge < -0.3 is 24.8 Å². The van der Waals surface area contributed by atoms with Crippen molar-refractivity contribution in [2.75, 3.05) is 33.5 Å². The van der Waals surface area contributed by atoms with Crippen molar-refractivity contribution in [3.8, 4) is 34.3 Å². The summed E-state index contributed by atoms with van der Waals surface area (Å²) < 4.78 is 109. The van der Waals surface area contributed by atoms with E-state index in [0.29, 0.717) is 50.8 Å². The van der Waals surface area contributed by atoms with Gasteiger partial charge in [-0.2, -0.15) is 9.40 Å². The van der Waals surface area contributed by atoms with Crippen LogP contribution in [0.4, 0.5) is 23.4 Å². The van der Waals surface area contributed by atoms with Crippen molar-refractivity contribution < 1.29 is 45.0 Å². The number of fused-ring (bicyclic) bond motifs is 1. The van der Waals surface area contributed by atoms with Crippen molar-refractivity contribution in [3.63, 3.8) is 0 Å². The van der Waals surface area contributed by atoms with Crippen molar-refractivity contribution >= 4 is 32.8 Å². The Hall–Kier alpha value is -7.05. The number of sulfonamides is 1. The molecule has 7 aromatic rings. The molecule has 0 fully saturated rings. The molecule has 0 radical (unpaired) electrons. The normalized spacial score (nSPS) is 11.5. The average molecular weight is 856 g/mol. The van der Waals surface area contributed by atoms with Crippen LogP contribution in [0.2, 0.25) is 0 Å². The minimum absolute atomic E-state index is 0.100. The summed E-state index contributed by atoms with van der Waals surface area (Å²) in [6.45, 7) is -1.39. The Balaban J connectivity index is 1.21. The summed E-state index contributed by atoms with van der Waals surface area (Å²) in [6.07, 6.45) is 1.21. The summed E-state index contributed by atoms with van der Waals surface area (Å²) in [5.41, 5.74) is 6.74. The number of hydrogen-bond acceptors (Lipinski definition) is 10. The second kappa shape index (κ2) is 17.7. The van der Waals surface area contributed by atoms with Gasteiger partial charge >= 0.3 is 0 Å². The fraction of sp³-hybridized carbons (Fsp3) is 0.163. The first-order chi connectivity index (χ1) is 29.3. The molecule has 18 heteroatoms. The third-order valence-corrected chi connectivity index (χ3v) is 11.6. The number of ether oxygens (including phenoxy) is 3. The van der Waals surface area contributed by atoms with Crippen molar-refractivity contribution in [1.82, 2.24) is 29.0 Å². The van der Waals surface area contributed by atoms with E-state index >= 15 is 17.6 Å². The molecule has 0 aliphatic carbocycles.